The van der Waals surface area contributed by atoms with E-state index in [-0.39, 0.29) is 11.5 Å². The summed E-state index contributed by atoms with van der Waals surface area (Å²) in [5, 5.41) is 9.62. The van der Waals surface area contributed by atoms with Crippen molar-refractivity contribution < 1.29 is 5.11 Å². The van der Waals surface area contributed by atoms with Gasteiger partial charge in [0, 0.05) is 0 Å². The molecule has 0 aromatic rings. The maximum Gasteiger partial charge on any atom is 0.0591 e. The van der Waals surface area contributed by atoms with Crippen LogP contribution in [0.5, 0.6) is 0 Å². The third-order valence-corrected chi connectivity index (χ3v) is 2.83. The Morgan fingerprint density at radius 3 is 2.55 bits per heavy atom. The Hall–Kier alpha value is -0.300. The predicted octanol–water partition coefficient (Wildman–Crippen LogP) is 2.36. The van der Waals surface area contributed by atoms with Gasteiger partial charge in [-0.15, -0.1) is 6.58 Å². The van der Waals surface area contributed by atoms with Gasteiger partial charge in [0.2, 0.25) is 0 Å². The topological polar surface area (TPSA) is 20.2 Å². The predicted molar refractivity (Wildman–Crippen MR) is 47.3 cm³/mol. The molecule has 0 aliphatic heterocycles. The van der Waals surface area contributed by atoms with Gasteiger partial charge >= 0.3 is 0 Å². The van der Waals surface area contributed by atoms with Crippen LogP contribution in [-0.2, 0) is 0 Å². The van der Waals surface area contributed by atoms with Crippen LogP contribution in [0.25, 0.3) is 0 Å². The van der Waals surface area contributed by atoms with E-state index in [2.05, 4.69) is 20.4 Å². The van der Waals surface area contributed by atoms with Gasteiger partial charge in [0.05, 0.1) is 6.10 Å². The minimum absolute atomic E-state index is 0.0944. The number of aliphatic hydroxyl groups excluding tert-OH is 1. The van der Waals surface area contributed by atoms with Crippen molar-refractivity contribution >= 4 is 0 Å². The average molecular weight is 154 g/mol. The fourth-order valence-corrected chi connectivity index (χ4v) is 1.88. The molecule has 0 spiro atoms. The smallest absolute Gasteiger partial charge is 0.0591 e. The van der Waals surface area contributed by atoms with Gasteiger partial charge in [0.15, 0.2) is 0 Å². The summed E-state index contributed by atoms with van der Waals surface area (Å²) in [6, 6.07) is 0. The van der Waals surface area contributed by atoms with Crippen LogP contribution in [-0.4, -0.2) is 11.2 Å². The van der Waals surface area contributed by atoms with E-state index in [4.69, 9.17) is 0 Å². The molecule has 1 rings (SSSR count). The van der Waals surface area contributed by atoms with Gasteiger partial charge < -0.3 is 5.11 Å². The molecule has 2 atom stereocenters. The lowest BCUT2D eigenvalue weighted by Crippen LogP contribution is -2.35. The average Bonchev–Trinajstić information content (AvgIpc) is 1.95. The third-order valence-electron chi connectivity index (χ3n) is 2.83. The first kappa shape index (κ1) is 8.79. The lowest BCUT2D eigenvalue weighted by Gasteiger charge is -2.38. The second-order valence-corrected chi connectivity index (χ2v) is 4.28. The van der Waals surface area contributed by atoms with Gasteiger partial charge in [0.25, 0.3) is 0 Å². The second-order valence-electron chi connectivity index (χ2n) is 4.28. The van der Waals surface area contributed by atoms with Crippen molar-refractivity contribution in [2.75, 3.05) is 0 Å². The molecule has 1 aliphatic carbocycles. The van der Waals surface area contributed by atoms with Crippen molar-refractivity contribution in [1.82, 2.24) is 0 Å². The molecule has 1 heteroatoms. The zero-order valence-corrected chi connectivity index (χ0v) is 7.51. The van der Waals surface area contributed by atoms with E-state index in [0.29, 0.717) is 5.92 Å². The maximum atomic E-state index is 9.62. The number of allylic oxidation sites excluding steroid dienone is 1. The first-order valence-electron chi connectivity index (χ1n) is 4.37. The molecule has 0 saturated heterocycles. The number of hydrogen-bond acceptors (Lipinski definition) is 1. The highest BCUT2D eigenvalue weighted by Gasteiger charge is 2.34. The third kappa shape index (κ3) is 1.84. The van der Waals surface area contributed by atoms with Crippen LogP contribution in [0.2, 0.25) is 0 Å². The summed E-state index contributed by atoms with van der Waals surface area (Å²) in [7, 11) is 0. The second kappa shape index (κ2) is 2.98. The fourth-order valence-electron chi connectivity index (χ4n) is 1.88. The van der Waals surface area contributed by atoms with Crippen molar-refractivity contribution in [3.63, 3.8) is 0 Å². The van der Waals surface area contributed by atoms with Crippen molar-refractivity contribution in [1.29, 1.82) is 0 Å². The summed E-state index contributed by atoms with van der Waals surface area (Å²) < 4.78 is 0. The summed E-state index contributed by atoms with van der Waals surface area (Å²) in [5.74, 6) is 0.619. The fraction of sp³-hybridized carbons (Fsp3) is 0.800. The Balaban J connectivity index is 2.58. The van der Waals surface area contributed by atoms with Crippen LogP contribution >= 0.6 is 0 Å². The van der Waals surface area contributed by atoms with Gasteiger partial charge in [0.1, 0.15) is 0 Å². The van der Waals surface area contributed by atoms with Crippen LogP contribution in [0.3, 0.4) is 0 Å². The molecule has 1 saturated carbocycles. The summed E-state index contributed by atoms with van der Waals surface area (Å²) >= 11 is 0. The molecule has 1 aliphatic rings. The molecule has 1 fully saturated rings. The maximum absolute atomic E-state index is 9.62. The number of rotatable bonds is 1. The van der Waals surface area contributed by atoms with Crippen molar-refractivity contribution in [3.05, 3.63) is 12.7 Å². The van der Waals surface area contributed by atoms with Gasteiger partial charge in [-0.2, -0.15) is 0 Å². The molecule has 0 amide bonds. The van der Waals surface area contributed by atoms with Gasteiger partial charge in [-0.1, -0.05) is 19.9 Å². The highest BCUT2D eigenvalue weighted by molar-refractivity contribution is 4.92. The summed E-state index contributed by atoms with van der Waals surface area (Å²) in [4.78, 5) is 0. The monoisotopic (exact) mass is 154 g/mol. The van der Waals surface area contributed by atoms with E-state index < -0.39 is 0 Å². The molecule has 2 unspecified atom stereocenters. The van der Waals surface area contributed by atoms with Gasteiger partial charge in [-0.05, 0) is 30.6 Å². The van der Waals surface area contributed by atoms with Crippen LogP contribution in [0.4, 0.5) is 0 Å². The highest BCUT2D eigenvalue weighted by Crippen LogP contribution is 2.38. The first-order valence-corrected chi connectivity index (χ1v) is 4.37. The van der Waals surface area contributed by atoms with Crippen LogP contribution in [0, 0.1) is 11.3 Å². The zero-order valence-electron chi connectivity index (χ0n) is 7.51. The van der Waals surface area contributed by atoms with E-state index in [9.17, 15) is 5.11 Å². The summed E-state index contributed by atoms with van der Waals surface area (Å²) in [5.41, 5.74) is 0.0944. The minimum atomic E-state index is -0.112. The first-order chi connectivity index (χ1) is 5.06. The molecule has 0 heterocycles. The lowest BCUT2D eigenvalue weighted by molar-refractivity contribution is 0.000749. The molecule has 0 aromatic heterocycles. The molecule has 0 aromatic carbocycles. The standard InChI is InChI=1S/C10H18O/c1-4-8-5-6-9(11)10(2,3)7-8/h4,8-9,11H,1,5-7H2,2-3H3. The largest absolute Gasteiger partial charge is 0.393 e. The van der Waals surface area contributed by atoms with Crippen LogP contribution < -0.4 is 0 Å². The van der Waals surface area contributed by atoms with Crippen molar-refractivity contribution in [2.45, 2.75) is 39.2 Å². The summed E-state index contributed by atoms with van der Waals surface area (Å²) in [6.45, 7) is 8.06. The van der Waals surface area contributed by atoms with Crippen molar-refractivity contribution in [3.8, 4) is 0 Å². The zero-order chi connectivity index (χ0) is 8.48. The number of hydrogen-bond donors (Lipinski definition) is 1. The van der Waals surface area contributed by atoms with E-state index >= 15 is 0 Å². The molecule has 1 nitrogen and oxygen atoms in total. The van der Waals surface area contributed by atoms with Gasteiger partial charge in [-0.3, -0.25) is 0 Å². The molecular formula is C10H18O. The minimum Gasteiger partial charge on any atom is -0.393 e. The number of aliphatic hydroxyl groups is 1. The molecule has 64 valence electrons. The molecule has 0 bridgehead atoms. The van der Waals surface area contributed by atoms with E-state index in [1.54, 1.807) is 0 Å². The molecule has 11 heavy (non-hydrogen) atoms. The molecule has 1 N–H and O–H groups in total. The molecular weight excluding hydrogens is 136 g/mol. The molecule has 0 radical (unpaired) electrons. The Morgan fingerprint density at radius 1 is 1.45 bits per heavy atom. The van der Waals surface area contributed by atoms with Crippen molar-refractivity contribution in [2.24, 2.45) is 11.3 Å². The Morgan fingerprint density at radius 2 is 2.09 bits per heavy atom. The van der Waals surface area contributed by atoms with E-state index in [1.807, 2.05) is 6.08 Å². The lowest BCUT2D eigenvalue weighted by atomic mass is 9.70. The van der Waals surface area contributed by atoms with Crippen LogP contribution in [0.1, 0.15) is 33.1 Å². The Kier molecular flexibility index (Phi) is 2.38. The van der Waals surface area contributed by atoms with Gasteiger partial charge in [-0.25, -0.2) is 0 Å². The van der Waals surface area contributed by atoms with E-state index in [0.717, 1.165) is 19.3 Å². The summed E-state index contributed by atoms with van der Waals surface area (Å²) in [6.07, 6.45) is 5.03. The highest BCUT2D eigenvalue weighted by atomic mass is 16.3. The van der Waals surface area contributed by atoms with E-state index in [1.165, 1.54) is 0 Å². The normalized spacial score (nSPS) is 36.6. The SMILES string of the molecule is C=CC1CCC(O)C(C)(C)C1. The quantitative estimate of drug-likeness (QED) is 0.575. The Bertz CT molecular complexity index is 149. The Labute approximate surface area is 69.1 Å². The van der Waals surface area contributed by atoms with Crippen LogP contribution in [0.15, 0.2) is 12.7 Å².